The fraction of sp³-hybridized carbons (Fsp3) is 0.304. The van der Waals surface area contributed by atoms with Crippen LogP contribution in [0.2, 0.25) is 0 Å². The van der Waals surface area contributed by atoms with E-state index >= 15 is 0 Å². The summed E-state index contributed by atoms with van der Waals surface area (Å²) in [5.74, 6) is 1.63. The van der Waals surface area contributed by atoms with Crippen molar-refractivity contribution >= 4 is 34.0 Å². The molecule has 0 saturated heterocycles. The average Bonchev–Trinajstić information content (AvgIpc) is 3.60. The number of methoxy groups -OCH3 is 3. The average molecular weight is 412 g/mol. The molecule has 0 radical (unpaired) electrons. The van der Waals surface area contributed by atoms with E-state index in [2.05, 4.69) is 0 Å². The Labute approximate surface area is 175 Å². The second-order valence-corrected chi connectivity index (χ2v) is 7.62. The molecule has 0 atom stereocenters. The molecule has 0 spiro atoms. The number of benzene rings is 2. The van der Waals surface area contributed by atoms with E-state index < -0.39 is 5.97 Å². The topological polar surface area (TPSA) is 57.1 Å². The highest BCUT2D eigenvalue weighted by Crippen LogP contribution is 2.38. The van der Waals surface area contributed by atoms with Gasteiger partial charge in [0.05, 0.1) is 38.3 Å². The van der Waals surface area contributed by atoms with Crippen LogP contribution in [0.25, 0.3) is 5.57 Å². The highest BCUT2D eigenvalue weighted by molar-refractivity contribution is 8.13. The summed E-state index contributed by atoms with van der Waals surface area (Å²) in [6.07, 6.45) is 3.77. The van der Waals surface area contributed by atoms with Gasteiger partial charge in [-0.25, -0.2) is 9.79 Å². The van der Waals surface area contributed by atoms with Gasteiger partial charge in [0.2, 0.25) is 0 Å². The maximum absolute atomic E-state index is 12.2. The summed E-state index contributed by atoms with van der Waals surface area (Å²) in [6.45, 7) is 0. The third-order valence-electron chi connectivity index (χ3n) is 4.56. The van der Waals surface area contributed by atoms with Crippen LogP contribution < -0.4 is 4.74 Å². The molecule has 2 aromatic carbocycles. The lowest BCUT2D eigenvalue weighted by Gasteiger charge is -2.12. The predicted octanol–water partition coefficient (Wildman–Crippen LogP) is 5.23. The van der Waals surface area contributed by atoms with Gasteiger partial charge >= 0.3 is 5.97 Å². The lowest BCUT2D eigenvalue weighted by molar-refractivity contribution is -0.133. The van der Waals surface area contributed by atoms with Crippen LogP contribution in [0.3, 0.4) is 0 Å². The zero-order valence-corrected chi connectivity index (χ0v) is 17.7. The first-order chi connectivity index (χ1) is 14.2. The molecule has 152 valence electrons. The van der Waals surface area contributed by atoms with Crippen molar-refractivity contribution in [2.45, 2.75) is 18.6 Å². The summed E-state index contributed by atoms with van der Waals surface area (Å²) in [5.41, 5.74) is 3.18. The molecule has 2 aromatic rings. The van der Waals surface area contributed by atoms with E-state index in [1.54, 1.807) is 18.9 Å². The number of hydrogen-bond acceptors (Lipinski definition) is 6. The van der Waals surface area contributed by atoms with E-state index in [1.807, 2.05) is 48.5 Å². The van der Waals surface area contributed by atoms with E-state index in [4.69, 9.17) is 19.2 Å². The summed E-state index contributed by atoms with van der Waals surface area (Å²) >= 11 is 1.72. The molecule has 0 aromatic heterocycles. The number of nitrogens with zero attached hydrogens (tertiary/aromatic N) is 1. The van der Waals surface area contributed by atoms with Gasteiger partial charge in [-0.3, -0.25) is 0 Å². The molecule has 3 rings (SSSR count). The van der Waals surface area contributed by atoms with Crippen molar-refractivity contribution in [3.63, 3.8) is 0 Å². The molecule has 0 N–H and O–H groups in total. The Balaban J connectivity index is 1.81. The van der Waals surface area contributed by atoms with Gasteiger partial charge in [0.15, 0.2) is 0 Å². The first-order valence-electron chi connectivity index (χ1n) is 9.41. The molecule has 0 heterocycles. The Morgan fingerprint density at radius 3 is 2.45 bits per heavy atom. The Morgan fingerprint density at radius 2 is 1.83 bits per heavy atom. The molecule has 29 heavy (non-hydrogen) atoms. The first-order valence-corrected chi connectivity index (χ1v) is 10.4. The van der Waals surface area contributed by atoms with Crippen LogP contribution in [0.4, 0.5) is 5.69 Å². The van der Waals surface area contributed by atoms with Crippen molar-refractivity contribution in [3.05, 3.63) is 65.9 Å². The summed E-state index contributed by atoms with van der Waals surface area (Å²) in [6, 6.07) is 15.6. The van der Waals surface area contributed by atoms with Gasteiger partial charge in [-0.15, -0.1) is 11.8 Å². The number of rotatable bonds is 8. The van der Waals surface area contributed by atoms with Crippen LogP contribution in [0.5, 0.6) is 5.75 Å². The molecule has 1 aliphatic rings. The Morgan fingerprint density at radius 1 is 1.10 bits per heavy atom. The molecule has 0 amide bonds. The molecule has 6 heteroatoms. The van der Waals surface area contributed by atoms with Gasteiger partial charge < -0.3 is 14.2 Å². The third kappa shape index (κ3) is 5.64. The van der Waals surface area contributed by atoms with Gasteiger partial charge in [0.25, 0.3) is 0 Å². The van der Waals surface area contributed by atoms with Crippen molar-refractivity contribution < 1.29 is 19.0 Å². The fourth-order valence-electron chi connectivity index (χ4n) is 2.87. The number of ether oxygens (including phenoxy) is 3. The van der Waals surface area contributed by atoms with Crippen molar-refractivity contribution in [2.24, 2.45) is 10.9 Å². The van der Waals surface area contributed by atoms with Crippen LogP contribution in [0.1, 0.15) is 24.0 Å². The lowest BCUT2D eigenvalue weighted by atomic mass is 10.0. The fourth-order valence-corrected chi connectivity index (χ4v) is 4.06. The molecule has 0 unspecified atom stereocenters. The first kappa shape index (κ1) is 21.0. The van der Waals surface area contributed by atoms with E-state index in [-0.39, 0.29) is 0 Å². The minimum atomic E-state index is -0.418. The quantitative estimate of drug-likeness (QED) is 0.196. The Bertz CT molecular complexity index is 901. The zero-order chi connectivity index (χ0) is 20.6. The summed E-state index contributed by atoms with van der Waals surface area (Å²) in [7, 11) is 4.55. The van der Waals surface area contributed by atoms with Gasteiger partial charge in [0, 0.05) is 11.7 Å². The molecule has 1 saturated carbocycles. The second-order valence-electron chi connectivity index (χ2n) is 6.63. The van der Waals surface area contributed by atoms with Crippen molar-refractivity contribution in [1.29, 1.82) is 0 Å². The molecule has 1 fully saturated rings. The largest absolute Gasteiger partial charge is 0.503 e. The number of esters is 1. The van der Waals surface area contributed by atoms with Crippen molar-refractivity contribution in [1.82, 2.24) is 0 Å². The molecule has 0 aliphatic heterocycles. The number of hydrogen-bond donors (Lipinski definition) is 0. The number of carbonyl (C=O) groups excluding carboxylic acids is 1. The van der Waals surface area contributed by atoms with Crippen molar-refractivity contribution in [3.8, 4) is 5.75 Å². The van der Waals surface area contributed by atoms with E-state index in [0.29, 0.717) is 17.2 Å². The maximum atomic E-state index is 12.2. The highest BCUT2D eigenvalue weighted by Gasteiger charge is 2.28. The van der Waals surface area contributed by atoms with Gasteiger partial charge in [0.1, 0.15) is 11.3 Å². The lowest BCUT2D eigenvalue weighted by Crippen LogP contribution is -2.07. The number of thioether (sulfide) groups is 1. The van der Waals surface area contributed by atoms with Crippen LogP contribution in [0.15, 0.2) is 59.8 Å². The van der Waals surface area contributed by atoms with Crippen LogP contribution >= 0.6 is 11.8 Å². The minimum Gasteiger partial charge on any atom is -0.503 e. The number of aliphatic imine (C=N–C) groups is 1. The standard InChI is InChI=1S/C23H25NO4S/c1-26-14-21(23(25)28-3)20-7-5-4-6-17(20)15-29-22(16-8-9-16)24-18-10-12-19(27-2)13-11-18/h4-7,10-14,16H,8-9,15H2,1-3H3. The zero-order valence-electron chi connectivity index (χ0n) is 16.9. The van der Waals surface area contributed by atoms with E-state index in [1.165, 1.54) is 33.3 Å². The van der Waals surface area contributed by atoms with Gasteiger partial charge in [-0.05, 0) is 48.2 Å². The highest BCUT2D eigenvalue weighted by atomic mass is 32.2. The summed E-state index contributed by atoms with van der Waals surface area (Å²) in [5, 5.41) is 1.13. The van der Waals surface area contributed by atoms with Crippen LogP contribution in [-0.4, -0.2) is 32.3 Å². The second kappa shape index (κ2) is 10.2. The van der Waals surface area contributed by atoms with Crippen LogP contribution in [0, 0.1) is 5.92 Å². The van der Waals surface area contributed by atoms with E-state index in [9.17, 15) is 4.79 Å². The van der Waals surface area contributed by atoms with Gasteiger partial charge in [-0.2, -0.15) is 0 Å². The predicted molar refractivity (Wildman–Crippen MR) is 118 cm³/mol. The molecular weight excluding hydrogens is 386 g/mol. The summed E-state index contributed by atoms with van der Waals surface area (Å²) in [4.78, 5) is 17.1. The molecular formula is C23H25NO4S. The summed E-state index contributed by atoms with van der Waals surface area (Å²) < 4.78 is 15.2. The Kier molecular flexibility index (Phi) is 7.36. The van der Waals surface area contributed by atoms with Gasteiger partial charge in [-0.1, -0.05) is 24.3 Å². The normalized spacial score (nSPS) is 14.4. The minimum absolute atomic E-state index is 0.409. The van der Waals surface area contributed by atoms with E-state index in [0.717, 1.165) is 27.6 Å². The SMILES string of the molecule is COC=C(C(=O)OC)c1ccccc1CSC(=Nc1ccc(OC)cc1)C1CC1. The third-order valence-corrected chi connectivity index (χ3v) is 5.74. The number of carbonyl (C=O) groups is 1. The van der Waals surface area contributed by atoms with Crippen molar-refractivity contribution in [2.75, 3.05) is 21.3 Å². The molecule has 0 bridgehead atoms. The van der Waals surface area contributed by atoms with Crippen LogP contribution in [-0.2, 0) is 20.0 Å². The Hall–Kier alpha value is -2.73. The molecule has 1 aliphatic carbocycles. The molecule has 5 nitrogen and oxygen atoms in total. The monoisotopic (exact) mass is 411 g/mol. The smallest absolute Gasteiger partial charge is 0.341 e. The maximum Gasteiger partial charge on any atom is 0.341 e.